The van der Waals surface area contributed by atoms with Gasteiger partial charge in [0.1, 0.15) is 12.6 Å². The van der Waals surface area contributed by atoms with Crippen molar-refractivity contribution >= 4 is 43.5 Å². The molecule has 7 nitrogen and oxygen atoms in total. The predicted molar refractivity (Wildman–Crippen MR) is 161 cm³/mol. The van der Waals surface area contributed by atoms with Crippen LogP contribution in [0.1, 0.15) is 49.3 Å². The Morgan fingerprint density at radius 3 is 2.20 bits per heavy atom. The highest BCUT2D eigenvalue weighted by molar-refractivity contribution is 9.10. The van der Waals surface area contributed by atoms with E-state index in [0.29, 0.717) is 5.69 Å². The fraction of sp³-hybridized carbons (Fsp3) is 0.355. The normalized spacial score (nSPS) is 14.5. The van der Waals surface area contributed by atoms with Crippen LogP contribution in [0.3, 0.4) is 0 Å². The van der Waals surface area contributed by atoms with Crippen molar-refractivity contribution in [2.24, 2.45) is 0 Å². The molecule has 3 aromatic rings. The summed E-state index contributed by atoms with van der Waals surface area (Å²) in [6.07, 6.45) is 4.00. The fourth-order valence-electron chi connectivity index (χ4n) is 4.92. The molecule has 3 aromatic carbocycles. The number of halogens is 1. The second kappa shape index (κ2) is 13.0. The van der Waals surface area contributed by atoms with E-state index in [0.717, 1.165) is 51.2 Å². The Bertz CT molecular complexity index is 1440. The summed E-state index contributed by atoms with van der Waals surface area (Å²) in [5, 5.41) is 3.10. The van der Waals surface area contributed by atoms with Gasteiger partial charge in [-0.25, -0.2) is 8.42 Å². The quantitative estimate of drug-likeness (QED) is 0.311. The molecule has 9 heteroatoms. The van der Waals surface area contributed by atoms with E-state index in [-0.39, 0.29) is 23.4 Å². The van der Waals surface area contributed by atoms with E-state index in [4.69, 9.17) is 0 Å². The number of carbonyl (C=O) groups excluding carboxylic acids is 2. The summed E-state index contributed by atoms with van der Waals surface area (Å²) in [5.74, 6) is -0.693. The lowest BCUT2D eigenvalue weighted by Gasteiger charge is -2.33. The Morgan fingerprint density at radius 1 is 0.950 bits per heavy atom. The molecule has 2 amide bonds. The summed E-state index contributed by atoms with van der Waals surface area (Å²) in [5.41, 5.74) is 3.17. The number of benzene rings is 3. The lowest BCUT2D eigenvalue weighted by molar-refractivity contribution is -0.139. The van der Waals surface area contributed by atoms with Gasteiger partial charge in [0.15, 0.2) is 0 Å². The number of nitrogens with zero attached hydrogens (tertiary/aromatic N) is 2. The third kappa shape index (κ3) is 7.12. The van der Waals surface area contributed by atoms with Gasteiger partial charge >= 0.3 is 0 Å². The largest absolute Gasteiger partial charge is 0.352 e. The van der Waals surface area contributed by atoms with Crippen LogP contribution in [0.5, 0.6) is 0 Å². The first kappa shape index (κ1) is 29.8. The summed E-state index contributed by atoms with van der Waals surface area (Å²) in [6, 6.07) is 20.3. The molecule has 0 radical (unpaired) electrons. The molecule has 1 saturated carbocycles. The van der Waals surface area contributed by atoms with Crippen molar-refractivity contribution in [3.8, 4) is 0 Å². The zero-order valence-electron chi connectivity index (χ0n) is 23.1. The number of sulfonamides is 1. The SMILES string of the molecule is Cc1ccc(S(=O)(=O)N(CC(=O)N(Cc2ccccc2C)[C@@H](C)C(=O)NC2CCCC2)c2ccc(Br)cc2)cc1. The van der Waals surface area contributed by atoms with Gasteiger partial charge in [0.2, 0.25) is 11.8 Å². The average Bonchev–Trinajstić information content (AvgIpc) is 3.44. The van der Waals surface area contributed by atoms with Crippen LogP contribution in [0.4, 0.5) is 5.69 Å². The van der Waals surface area contributed by atoms with Crippen LogP contribution in [0.2, 0.25) is 0 Å². The molecular formula is C31H36BrN3O4S. The van der Waals surface area contributed by atoms with Gasteiger partial charge in [0, 0.05) is 17.1 Å². The molecule has 0 heterocycles. The van der Waals surface area contributed by atoms with Gasteiger partial charge in [-0.2, -0.15) is 0 Å². The number of anilines is 1. The van der Waals surface area contributed by atoms with Crippen LogP contribution in [-0.4, -0.2) is 43.8 Å². The number of hydrogen-bond acceptors (Lipinski definition) is 4. The molecule has 0 saturated heterocycles. The molecule has 1 aliphatic carbocycles. The van der Waals surface area contributed by atoms with E-state index in [1.807, 2.05) is 38.1 Å². The summed E-state index contributed by atoms with van der Waals surface area (Å²) < 4.78 is 29.7. The second-order valence-electron chi connectivity index (χ2n) is 10.4. The van der Waals surface area contributed by atoms with Crippen LogP contribution in [0.25, 0.3) is 0 Å². The monoisotopic (exact) mass is 625 g/mol. The number of rotatable bonds is 10. The minimum atomic E-state index is -4.09. The number of aryl methyl sites for hydroxylation is 2. The molecule has 0 aromatic heterocycles. The van der Waals surface area contributed by atoms with Crippen LogP contribution < -0.4 is 9.62 Å². The topological polar surface area (TPSA) is 86.8 Å². The predicted octanol–water partition coefficient (Wildman–Crippen LogP) is 5.74. The maximum Gasteiger partial charge on any atom is 0.264 e. The lowest BCUT2D eigenvalue weighted by Crippen LogP contribution is -2.52. The van der Waals surface area contributed by atoms with Crippen molar-refractivity contribution in [1.82, 2.24) is 10.2 Å². The van der Waals surface area contributed by atoms with Crippen LogP contribution in [0.15, 0.2) is 82.2 Å². The highest BCUT2D eigenvalue weighted by Gasteiger charge is 2.33. The lowest BCUT2D eigenvalue weighted by atomic mass is 10.1. The molecule has 0 spiro atoms. The Kier molecular flexibility index (Phi) is 9.68. The Balaban J connectivity index is 1.69. The number of nitrogens with one attached hydrogen (secondary N) is 1. The number of carbonyl (C=O) groups is 2. The van der Waals surface area contributed by atoms with Crippen molar-refractivity contribution in [2.45, 2.75) is 70.0 Å². The minimum Gasteiger partial charge on any atom is -0.352 e. The molecule has 40 heavy (non-hydrogen) atoms. The van der Waals surface area contributed by atoms with Crippen molar-refractivity contribution in [3.05, 3.63) is 94.0 Å². The molecule has 1 aliphatic rings. The van der Waals surface area contributed by atoms with Crippen molar-refractivity contribution in [2.75, 3.05) is 10.8 Å². The highest BCUT2D eigenvalue weighted by Crippen LogP contribution is 2.27. The Labute approximate surface area is 245 Å². The van der Waals surface area contributed by atoms with Crippen LogP contribution >= 0.6 is 15.9 Å². The molecule has 1 N–H and O–H groups in total. The first-order chi connectivity index (χ1) is 19.1. The highest BCUT2D eigenvalue weighted by atomic mass is 79.9. The van der Waals surface area contributed by atoms with Gasteiger partial charge in [-0.3, -0.25) is 13.9 Å². The van der Waals surface area contributed by atoms with Gasteiger partial charge in [0.25, 0.3) is 10.0 Å². The van der Waals surface area contributed by atoms with Gasteiger partial charge < -0.3 is 10.2 Å². The molecule has 0 bridgehead atoms. The van der Waals surface area contributed by atoms with Crippen molar-refractivity contribution < 1.29 is 18.0 Å². The second-order valence-corrected chi connectivity index (χ2v) is 13.2. The standard InChI is InChI=1S/C31H36BrN3O4S/c1-22-12-18-29(19-13-22)40(38,39)35(28-16-14-26(32)15-17-28)21-30(36)34(20-25-9-5-4-8-23(25)2)24(3)31(37)33-27-10-6-7-11-27/h4-5,8-9,12-19,24,27H,6-7,10-11,20-21H2,1-3H3,(H,33,37)/t24-/m0/s1. The van der Waals surface area contributed by atoms with E-state index in [9.17, 15) is 18.0 Å². The summed E-state index contributed by atoms with van der Waals surface area (Å²) >= 11 is 3.40. The van der Waals surface area contributed by atoms with Gasteiger partial charge in [0.05, 0.1) is 10.6 Å². The van der Waals surface area contributed by atoms with E-state index >= 15 is 0 Å². The smallest absolute Gasteiger partial charge is 0.264 e. The Morgan fingerprint density at radius 2 is 1.57 bits per heavy atom. The maximum atomic E-state index is 14.1. The maximum absolute atomic E-state index is 14.1. The zero-order valence-corrected chi connectivity index (χ0v) is 25.5. The van der Waals surface area contributed by atoms with Gasteiger partial charge in [-0.1, -0.05) is 70.7 Å². The van der Waals surface area contributed by atoms with Crippen molar-refractivity contribution in [3.63, 3.8) is 0 Å². The van der Waals surface area contributed by atoms with E-state index in [1.54, 1.807) is 55.5 Å². The first-order valence-electron chi connectivity index (χ1n) is 13.6. The van der Waals surface area contributed by atoms with Gasteiger partial charge in [-0.05, 0) is 81.1 Å². The van der Waals surface area contributed by atoms with Crippen molar-refractivity contribution in [1.29, 1.82) is 0 Å². The molecule has 1 fully saturated rings. The molecule has 0 aliphatic heterocycles. The average molecular weight is 627 g/mol. The van der Waals surface area contributed by atoms with E-state index < -0.39 is 28.5 Å². The molecule has 1 atom stereocenters. The third-order valence-electron chi connectivity index (χ3n) is 7.47. The molecule has 212 valence electrons. The minimum absolute atomic E-state index is 0.0892. The fourth-order valence-corrected chi connectivity index (χ4v) is 6.60. The third-order valence-corrected chi connectivity index (χ3v) is 9.79. The summed E-state index contributed by atoms with van der Waals surface area (Å²) in [7, 11) is -4.09. The molecular weight excluding hydrogens is 590 g/mol. The van der Waals surface area contributed by atoms with E-state index in [1.165, 1.54) is 4.90 Å². The molecule has 0 unspecified atom stereocenters. The van der Waals surface area contributed by atoms with Crippen LogP contribution in [-0.2, 0) is 26.2 Å². The zero-order chi connectivity index (χ0) is 28.9. The first-order valence-corrected chi connectivity index (χ1v) is 15.8. The molecule has 4 rings (SSSR count). The summed E-state index contributed by atoms with van der Waals surface area (Å²) in [6.45, 7) is 5.28. The number of hydrogen-bond donors (Lipinski definition) is 1. The summed E-state index contributed by atoms with van der Waals surface area (Å²) in [4.78, 5) is 29.0. The van der Waals surface area contributed by atoms with E-state index in [2.05, 4.69) is 21.2 Å². The Hall–Kier alpha value is -3.17. The van der Waals surface area contributed by atoms with Crippen LogP contribution in [0, 0.1) is 13.8 Å². The van der Waals surface area contributed by atoms with Gasteiger partial charge in [-0.15, -0.1) is 0 Å². The number of amides is 2.